The highest BCUT2D eigenvalue weighted by atomic mass is 16.5. The second-order valence-corrected chi connectivity index (χ2v) is 5.74. The van der Waals surface area contributed by atoms with Gasteiger partial charge in [-0.1, -0.05) is 29.4 Å². The lowest BCUT2D eigenvalue weighted by molar-refractivity contribution is -0.0384. The molecule has 2 aromatic heterocycles. The van der Waals surface area contributed by atoms with Crippen molar-refractivity contribution in [2.24, 2.45) is 0 Å². The second-order valence-electron chi connectivity index (χ2n) is 5.74. The summed E-state index contributed by atoms with van der Waals surface area (Å²) >= 11 is 0. The monoisotopic (exact) mass is 322 g/mol. The summed E-state index contributed by atoms with van der Waals surface area (Å²) in [6.45, 7) is 3.04. The number of hydrogen-bond donors (Lipinski definition) is 0. The van der Waals surface area contributed by atoms with Crippen molar-refractivity contribution in [3.8, 4) is 11.5 Å². The van der Waals surface area contributed by atoms with Crippen molar-refractivity contribution >= 4 is 0 Å². The molecule has 6 nitrogen and oxygen atoms in total. The van der Waals surface area contributed by atoms with E-state index in [4.69, 9.17) is 9.26 Å². The fourth-order valence-corrected chi connectivity index (χ4v) is 2.79. The number of nitrogens with zero attached hydrogens (tertiary/aromatic N) is 4. The molecule has 1 atom stereocenters. The van der Waals surface area contributed by atoms with E-state index in [0.29, 0.717) is 18.3 Å². The van der Waals surface area contributed by atoms with Crippen LogP contribution in [0, 0.1) is 0 Å². The Hall–Kier alpha value is -2.57. The fraction of sp³-hybridized carbons (Fsp3) is 0.278. The van der Waals surface area contributed by atoms with Crippen LogP contribution in [0.15, 0.2) is 59.3 Å². The molecule has 24 heavy (non-hydrogen) atoms. The molecular formula is C18H18N4O2. The molecule has 0 bridgehead atoms. The van der Waals surface area contributed by atoms with Crippen molar-refractivity contribution in [3.05, 3.63) is 66.2 Å². The molecule has 1 saturated heterocycles. The van der Waals surface area contributed by atoms with Crippen LogP contribution in [0.4, 0.5) is 0 Å². The Labute approximate surface area is 140 Å². The zero-order chi connectivity index (χ0) is 16.2. The molecule has 0 saturated carbocycles. The van der Waals surface area contributed by atoms with Crippen LogP contribution in [0.2, 0.25) is 0 Å². The highest BCUT2D eigenvalue weighted by Gasteiger charge is 2.26. The molecule has 122 valence electrons. The van der Waals surface area contributed by atoms with Gasteiger partial charge in [0.2, 0.25) is 5.82 Å². The molecule has 0 radical (unpaired) electrons. The molecule has 0 spiro atoms. The predicted octanol–water partition coefficient (Wildman–Crippen LogP) is 2.71. The van der Waals surface area contributed by atoms with Crippen LogP contribution in [0.1, 0.15) is 17.6 Å². The van der Waals surface area contributed by atoms with E-state index >= 15 is 0 Å². The summed E-state index contributed by atoms with van der Waals surface area (Å²) in [5.41, 5.74) is 1.97. The molecule has 3 aromatic rings. The first-order valence-electron chi connectivity index (χ1n) is 8.01. The Kier molecular flexibility index (Phi) is 4.31. The van der Waals surface area contributed by atoms with E-state index in [2.05, 4.69) is 20.0 Å². The van der Waals surface area contributed by atoms with Crippen LogP contribution in [-0.4, -0.2) is 39.7 Å². The third-order valence-electron chi connectivity index (χ3n) is 4.01. The maximum Gasteiger partial charge on any atom is 0.258 e. The molecule has 1 aliphatic heterocycles. The van der Waals surface area contributed by atoms with E-state index in [0.717, 1.165) is 30.9 Å². The number of morpholine rings is 1. The average molecular weight is 322 g/mol. The maximum absolute atomic E-state index is 5.83. The van der Waals surface area contributed by atoms with Crippen molar-refractivity contribution < 1.29 is 9.26 Å². The molecule has 0 amide bonds. The van der Waals surface area contributed by atoms with Gasteiger partial charge < -0.3 is 9.26 Å². The van der Waals surface area contributed by atoms with Gasteiger partial charge in [-0.15, -0.1) is 0 Å². The molecule has 1 aromatic carbocycles. The lowest BCUT2D eigenvalue weighted by atomic mass is 10.2. The van der Waals surface area contributed by atoms with Gasteiger partial charge in [0, 0.05) is 31.4 Å². The predicted molar refractivity (Wildman–Crippen MR) is 87.9 cm³/mol. The SMILES string of the molecule is c1ccc(-c2nc([C@@H]3CN(Cc4ccccn4)CCO3)no2)cc1. The van der Waals surface area contributed by atoms with E-state index in [1.165, 1.54) is 0 Å². The average Bonchev–Trinajstić information content (AvgIpc) is 3.14. The number of ether oxygens (including phenoxy) is 1. The summed E-state index contributed by atoms with van der Waals surface area (Å²) in [5, 5.41) is 4.10. The van der Waals surface area contributed by atoms with Crippen LogP contribution in [0.3, 0.4) is 0 Å². The van der Waals surface area contributed by atoms with E-state index in [1.807, 2.05) is 54.7 Å². The van der Waals surface area contributed by atoms with E-state index in [-0.39, 0.29) is 6.10 Å². The van der Waals surface area contributed by atoms with E-state index in [1.54, 1.807) is 0 Å². The van der Waals surface area contributed by atoms with Gasteiger partial charge in [-0.05, 0) is 24.3 Å². The Morgan fingerprint density at radius 1 is 1.08 bits per heavy atom. The smallest absolute Gasteiger partial charge is 0.258 e. The minimum atomic E-state index is -0.177. The van der Waals surface area contributed by atoms with Crippen LogP contribution < -0.4 is 0 Å². The summed E-state index contributed by atoms with van der Waals surface area (Å²) in [5.74, 6) is 1.12. The number of hydrogen-bond acceptors (Lipinski definition) is 6. The van der Waals surface area contributed by atoms with Crippen molar-refractivity contribution in [3.63, 3.8) is 0 Å². The molecule has 4 rings (SSSR count). The Balaban J connectivity index is 1.45. The minimum Gasteiger partial charge on any atom is -0.367 e. The minimum absolute atomic E-state index is 0.177. The number of pyridine rings is 1. The third-order valence-corrected chi connectivity index (χ3v) is 4.01. The van der Waals surface area contributed by atoms with Gasteiger partial charge in [0.15, 0.2) is 0 Å². The third kappa shape index (κ3) is 3.34. The highest BCUT2D eigenvalue weighted by Crippen LogP contribution is 2.24. The van der Waals surface area contributed by atoms with Gasteiger partial charge in [-0.2, -0.15) is 4.98 Å². The molecule has 0 aliphatic carbocycles. The largest absolute Gasteiger partial charge is 0.367 e. The standard InChI is InChI=1S/C18H18N4O2/c1-2-6-14(7-3-1)18-20-17(21-24-18)16-13-22(10-11-23-16)12-15-8-4-5-9-19-15/h1-9,16H,10-13H2/t16-/m0/s1. The van der Waals surface area contributed by atoms with Gasteiger partial charge >= 0.3 is 0 Å². The first-order valence-corrected chi connectivity index (χ1v) is 8.01. The van der Waals surface area contributed by atoms with Crippen molar-refractivity contribution in [2.45, 2.75) is 12.6 Å². The summed E-state index contributed by atoms with van der Waals surface area (Å²) in [6, 6.07) is 15.7. The molecule has 1 aliphatic rings. The first-order chi connectivity index (χ1) is 11.9. The number of aromatic nitrogens is 3. The van der Waals surface area contributed by atoms with Crippen LogP contribution >= 0.6 is 0 Å². The summed E-state index contributed by atoms with van der Waals surface area (Å²) in [6.07, 6.45) is 1.64. The normalized spacial score (nSPS) is 18.6. The van der Waals surface area contributed by atoms with Crippen LogP contribution in [0.25, 0.3) is 11.5 Å². The van der Waals surface area contributed by atoms with Gasteiger partial charge in [0.25, 0.3) is 5.89 Å². The Bertz CT molecular complexity index is 776. The zero-order valence-electron chi connectivity index (χ0n) is 13.2. The molecule has 0 unspecified atom stereocenters. The van der Waals surface area contributed by atoms with Crippen molar-refractivity contribution in [1.29, 1.82) is 0 Å². The zero-order valence-corrected chi connectivity index (χ0v) is 13.2. The molecule has 1 fully saturated rings. The Morgan fingerprint density at radius 2 is 1.96 bits per heavy atom. The van der Waals surface area contributed by atoms with Gasteiger partial charge in [0.1, 0.15) is 6.10 Å². The summed E-state index contributed by atoms with van der Waals surface area (Å²) < 4.78 is 11.2. The van der Waals surface area contributed by atoms with Gasteiger partial charge in [0.05, 0.1) is 12.3 Å². The van der Waals surface area contributed by atoms with Crippen molar-refractivity contribution in [2.75, 3.05) is 19.7 Å². The van der Waals surface area contributed by atoms with Crippen LogP contribution in [0.5, 0.6) is 0 Å². The second kappa shape index (κ2) is 6.90. The van der Waals surface area contributed by atoms with Crippen molar-refractivity contribution in [1.82, 2.24) is 20.0 Å². The summed E-state index contributed by atoms with van der Waals surface area (Å²) in [7, 11) is 0. The summed E-state index contributed by atoms with van der Waals surface area (Å²) in [4.78, 5) is 11.2. The molecular weight excluding hydrogens is 304 g/mol. The highest BCUT2D eigenvalue weighted by molar-refractivity contribution is 5.52. The van der Waals surface area contributed by atoms with E-state index < -0.39 is 0 Å². The Morgan fingerprint density at radius 3 is 2.79 bits per heavy atom. The van der Waals surface area contributed by atoms with Gasteiger partial charge in [-0.3, -0.25) is 9.88 Å². The maximum atomic E-state index is 5.83. The first kappa shape index (κ1) is 15.0. The molecule has 0 N–H and O–H groups in total. The lowest BCUT2D eigenvalue weighted by Crippen LogP contribution is -2.38. The fourth-order valence-electron chi connectivity index (χ4n) is 2.79. The van der Waals surface area contributed by atoms with Gasteiger partial charge in [-0.25, -0.2) is 0 Å². The van der Waals surface area contributed by atoms with Crippen LogP contribution in [-0.2, 0) is 11.3 Å². The molecule has 3 heterocycles. The van der Waals surface area contributed by atoms with E-state index in [9.17, 15) is 0 Å². The lowest BCUT2D eigenvalue weighted by Gasteiger charge is -2.31. The quantitative estimate of drug-likeness (QED) is 0.736. The topological polar surface area (TPSA) is 64.3 Å². The number of rotatable bonds is 4. The number of benzene rings is 1. The molecule has 6 heteroatoms.